The number of carbonyl (C=O) groups excluding carboxylic acids is 2. The summed E-state index contributed by atoms with van der Waals surface area (Å²) in [7, 11) is 1.51. The normalized spacial score (nSPS) is 12.2. The molecule has 0 aliphatic carbocycles. The molecule has 0 spiro atoms. The second-order valence-electron chi connectivity index (χ2n) is 6.32. The molecule has 0 saturated carbocycles. The zero-order valence-electron chi connectivity index (χ0n) is 15.5. The molecule has 8 heteroatoms. The predicted octanol–water partition coefficient (Wildman–Crippen LogP) is 3.98. The maximum absolute atomic E-state index is 12.6. The molecule has 0 heterocycles. The molecule has 2 aromatic rings. The summed E-state index contributed by atoms with van der Waals surface area (Å²) in [5, 5.41) is 2.44. The molecular weight excluding hydrogens is 373 g/mol. The van der Waals surface area contributed by atoms with E-state index in [-0.39, 0.29) is 13.2 Å². The number of nitrogens with zero attached hydrogens (tertiary/aromatic N) is 1. The molecule has 1 atom stereocenters. The lowest BCUT2D eigenvalue weighted by Gasteiger charge is -2.22. The summed E-state index contributed by atoms with van der Waals surface area (Å²) in [6.45, 7) is 1.70. The number of hydrogen-bond acceptors (Lipinski definition) is 3. The minimum Gasteiger partial charge on any atom is -0.445 e. The van der Waals surface area contributed by atoms with Crippen molar-refractivity contribution in [3.05, 3.63) is 71.3 Å². The number of rotatable bonds is 6. The van der Waals surface area contributed by atoms with Crippen LogP contribution in [0.4, 0.5) is 18.0 Å². The SMILES string of the molecule is C[C@H](NC(=O)OCc1ccccc1)C(=O)N(C)Cc1ccc(C(F)(F)F)cc1. The van der Waals surface area contributed by atoms with Gasteiger partial charge in [0, 0.05) is 13.6 Å². The highest BCUT2D eigenvalue weighted by Gasteiger charge is 2.30. The van der Waals surface area contributed by atoms with Crippen LogP contribution >= 0.6 is 0 Å². The van der Waals surface area contributed by atoms with Crippen molar-refractivity contribution in [1.82, 2.24) is 10.2 Å². The van der Waals surface area contributed by atoms with Crippen molar-refractivity contribution >= 4 is 12.0 Å². The van der Waals surface area contributed by atoms with E-state index < -0.39 is 29.8 Å². The van der Waals surface area contributed by atoms with E-state index in [1.54, 1.807) is 12.1 Å². The molecule has 2 amide bonds. The summed E-state index contributed by atoms with van der Waals surface area (Å²) in [6, 6.07) is 12.8. The minimum absolute atomic E-state index is 0.0784. The highest BCUT2D eigenvalue weighted by atomic mass is 19.4. The van der Waals surface area contributed by atoms with Crippen LogP contribution in [0, 0.1) is 0 Å². The van der Waals surface area contributed by atoms with Crippen molar-refractivity contribution in [1.29, 1.82) is 0 Å². The van der Waals surface area contributed by atoms with E-state index in [1.807, 2.05) is 18.2 Å². The van der Waals surface area contributed by atoms with Gasteiger partial charge >= 0.3 is 12.3 Å². The third kappa shape index (κ3) is 6.29. The summed E-state index contributed by atoms with van der Waals surface area (Å²) in [4.78, 5) is 25.5. The Morgan fingerprint density at radius 1 is 1.04 bits per heavy atom. The Balaban J connectivity index is 1.83. The number of halogens is 3. The Bertz CT molecular complexity index is 793. The Kier molecular flexibility index (Phi) is 7.03. The lowest BCUT2D eigenvalue weighted by molar-refractivity contribution is -0.137. The monoisotopic (exact) mass is 394 g/mol. The molecule has 2 rings (SSSR count). The van der Waals surface area contributed by atoms with Crippen LogP contribution in [0.5, 0.6) is 0 Å². The van der Waals surface area contributed by atoms with E-state index in [0.29, 0.717) is 5.56 Å². The molecule has 0 fully saturated rings. The number of amides is 2. The standard InChI is InChI=1S/C20H21F3N2O3/c1-14(24-19(27)28-13-16-6-4-3-5-7-16)18(26)25(2)12-15-8-10-17(11-9-15)20(21,22)23/h3-11,14H,12-13H2,1-2H3,(H,24,27)/t14-/m0/s1. The van der Waals surface area contributed by atoms with Gasteiger partial charge in [0.2, 0.25) is 5.91 Å². The van der Waals surface area contributed by atoms with Gasteiger partial charge in [-0.25, -0.2) is 4.79 Å². The molecule has 1 N–H and O–H groups in total. The average Bonchev–Trinajstić information content (AvgIpc) is 2.66. The van der Waals surface area contributed by atoms with Gasteiger partial charge in [0.1, 0.15) is 12.6 Å². The number of hydrogen-bond donors (Lipinski definition) is 1. The van der Waals surface area contributed by atoms with Crippen LogP contribution < -0.4 is 5.32 Å². The van der Waals surface area contributed by atoms with Crippen molar-refractivity contribution in [2.24, 2.45) is 0 Å². The minimum atomic E-state index is -4.40. The van der Waals surface area contributed by atoms with Crippen molar-refractivity contribution in [2.45, 2.75) is 32.3 Å². The van der Waals surface area contributed by atoms with Crippen molar-refractivity contribution in [2.75, 3.05) is 7.05 Å². The fourth-order valence-electron chi connectivity index (χ4n) is 2.48. The zero-order chi connectivity index (χ0) is 20.7. The number of likely N-dealkylation sites (N-methyl/N-ethyl adjacent to an activating group) is 1. The average molecular weight is 394 g/mol. The van der Waals surface area contributed by atoms with E-state index in [4.69, 9.17) is 4.74 Å². The van der Waals surface area contributed by atoms with Crippen LogP contribution in [0.25, 0.3) is 0 Å². The van der Waals surface area contributed by atoms with Crippen LogP contribution in [0.15, 0.2) is 54.6 Å². The first-order valence-corrected chi connectivity index (χ1v) is 8.55. The van der Waals surface area contributed by atoms with Gasteiger partial charge in [-0.2, -0.15) is 13.2 Å². The summed E-state index contributed by atoms with van der Waals surface area (Å²) in [5.41, 5.74) is 0.611. The van der Waals surface area contributed by atoms with Crippen LogP contribution in [0.2, 0.25) is 0 Å². The van der Waals surface area contributed by atoms with Crippen LogP contribution in [0.1, 0.15) is 23.6 Å². The molecule has 5 nitrogen and oxygen atoms in total. The van der Waals surface area contributed by atoms with Gasteiger partial charge in [-0.15, -0.1) is 0 Å². The molecule has 0 saturated heterocycles. The van der Waals surface area contributed by atoms with E-state index in [1.165, 1.54) is 31.0 Å². The molecule has 0 bridgehead atoms. The highest BCUT2D eigenvalue weighted by molar-refractivity contribution is 5.85. The third-order valence-corrected chi connectivity index (χ3v) is 3.99. The fourth-order valence-corrected chi connectivity index (χ4v) is 2.48. The number of nitrogens with one attached hydrogen (secondary N) is 1. The van der Waals surface area contributed by atoms with Crippen LogP contribution in [0.3, 0.4) is 0 Å². The number of carbonyl (C=O) groups is 2. The predicted molar refractivity (Wildman–Crippen MR) is 97.1 cm³/mol. The number of alkyl carbamates (subject to hydrolysis) is 1. The smallest absolute Gasteiger partial charge is 0.416 e. The van der Waals surface area contributed by atoms with Crippen molar-refractivity contribution < 1.29 is 27.5 Å². The molecule has 0 unspecified atom stereocenters. The maximum atomic E-state index is 12.6. The number of benzene rings is 2. The largest absolute Gasteiger partial charge is 0.445 e. The van der Waals surface area contributed by atoms with Gasteiger partial charge in [-0.1, -0.05) is 42.5 Å². The Labute approximate surface area is 161 Å². The molecule has 0 aromatic heterocycles. The van der Waals surface area contributed by atoms with E-state index in [2.05, 4.69) is 5.32 Å². The van der Waals surface area contributed by atoms with Crippen molar-refractivity contribution in [3.63, 3.8) is 0 Å². The molecule has 28 heavy (non-hydrogen) atoms. The topological polar surface area (TPSA) is 58.6 Å². The quantitative estimate of drug-likeness (QED) is 0.806. The lowest BCUT2D eigenvalue weighted by atomic mass is 10.1. The molecule has 0 aliphatic rings. The van der Waals surface area contributed by atoms with E-state index >= 15 is 0 Å². The third-order valence-electron chi connectivity index (χ3n) is 3.99. The van der Waals surface area contributed by atoms with E-state index in [0.717, 1.165) is 17.7 Å². The fraction of sp³-hybridized carbons (Fsp3) is 0.300. The second kappa shape index (κ2) is 9.25. The Morgan fingerprint density at radius 3 is 2.21 bits per heavy atom. The first-order chi connectivity index (χ1) is 13.2. The molecule has 150 valence electrons. The van der Waals surface area contributed by atoms with Crippen LogP contribution in [-0.2, 0) is 28.9 Å². The summed E-state index contributed by atoms with van der Waals surface area (Å²) in [5.74, 6) is -0.392. The summed E-state index contributed by atoms with van der Waals surface area (Å²) in [6.07, 6.45) is -5.13. The number of alkyl halides is 3. The lowest BCUT2D eigenvalue weighted by Crippen LogP contribution is -2.45. The Hall–Kier alpha value is -3.03. The van der Waals surface area contributed by atoms with Crippen LogP contribution in [-0.4, -0.2) is 30.0 Å². The first-order valence-electron chi connectivity index (χ1n) is 8.55. The molecule has 0 radical (unpaired) electrons. The van der Waals surface area contributed by atoms with Gasteiger partial charge in [0.15, 0.2) is 0 Å². The van der Waals surface area contributed by atoms with Gasteiger partial charge in [0.05, 0.1) is 5.56 Å². The second-order valence-corrected chi connectivity index (χ2v) is 6.32. The molecule has 2 aromatic carbocycles. The maximum Gasteiger partial charge on any atom is 0.416 e. The summed E-state index contributed by atoms with van der Waals surface area (Å²) < 4.78 is 42.8. The van der Waals surface area contributed by atoms with Crippen molar-refractivity contribution in [3.8, 4) is 0 Å². The summed E-state index contributed by atoms with van der Waals surface area (Å²) >= 11 is 0. The molecule has 0 aliphatic heterocycles. The van der Waals surface area contributed by atoms with E-state index in [9.17, 15) is 22.8 Å². The molecular formula is C20H21F3N2O3. The highest BCUT2D eigenvalue weighted by Crippen LogP contribution is 2.29. The number of ether oxygens (including phenoxy) is 1. The van der Waals surface area contributed by atoms with Gasteiger partial charge in [-0.05, 0) is 30.2 Å². The van der Waals surface area contributed by atoms with Gasteiger partial charge in [-0.3, -0.25) is 4.79 Å². The zero-order valence-corrected chi connectivity index (χ0v) is 15.5. The van der Waals surface area contributed by atoms with Gasteiger partial charge in [0.25, 0.3) is 0 Å². The Morgan fingerprint density at radius 2 is 1.64 bits per heavy atom. The van der Waals surface area contributed by atoms with Gasteiger partial charge < -0.3 is 15.0 Å². The first kappa shape index (κ1) is 21.3.